The fourth-order valence-electron chi connectivity index (χ4n) is 2.75. The highest BCUT2D eigenvalue weighted by Crippen LogP contribution is 2.39. The Labute approximate surface area is 107 Å². The third kappa shape index (κ3) is 3.45. The van der Waals surface area contributed by atoms with E-state index < -0.39 is 0 Å². The van der Waals surface area contributed by atoms with Crippen LogP contribution in [-0.4, -0.2) is 27.0 Å². The molecule has 0 saturated heterocycles. The molecule has 1 saturated carbocycles. The molecular weight excluding hydrogens is 232 g/mol. The molecule has 17 heavy (non-hydrogen) atoms. The van der Waals surface area contributed by atoms with Gasteiger partial charge >= 0.3 is 0 Å². The fourth-order valence-corrected chi connectivity index (χ4v) is 4.06. The number of nitrogens with zero attached hydrogens (tertiary/aromatic N) is 2. The zero-order valence-electron chi connectivity index (χ0n) is 10.4. The molecule has 0 aliphatic heterocycles. The highest BCUT2D eigenvalue weighted by molar-refractivity contribution is 7.99. The summed E-state index contributed by atoms with van der Waals surface area (Å²) in [4.78, 5) is 4.21. The van der Waals surface area contributed by atoms with Gasteiger partial charge in [0.1, 0.15) is 6.33 Å². The van der Waals surface area contributed by atoms with Crippen LogP contribution in [0.4, 0.5) is 0 Å². The van der Waals surface area contributed by atoms with Crippen LogP contribution in [0.15, 0.2) is 11.5 Å². The van der Waals surface area contributed by atoms with Gasteiger partial charge in [-0.25, -0.2) is 4.98 Å². The summed E-state index contributed by atoms with van der Waals surface area (Å²) in [5.74, 6) is 1.52. The summed E-state index contributed by atoms with van der Waals surface area (Å²) in [6, 6.07) is 0. The van der Waals surface area contributed by atoms with E-state index in [-0.39, 0.29) is 0 Å². The molecule has 1 fully saturated rings. The monoisotopic (exact) mass is 254 g/mol. The first-order valence-corrected chi connectivity index (χ1v) is 7.43. The van der Waals surface area contributed by atoms with Crippen LogP contribution in [0, 0.1) is 11.8 Å². The van der Waals surface area contributed by atoms with Gasteiger partial charge in [-0.15, -0.1) is 0 Å². The minimum absolute atomic E-state index is 0.609. The van der Waals surface area contributed by atoms with Gasteiger partial charge in [0, 0.05) is 5.25 Å². The van der Waals surface area contributed by atoms with Crippen molar-refractivity contribution >= 4 is 11.8 Å². The summed E-state index contributed by atoms with van der Waals surface area (Å²) in [5, 5.41) is 8.39. The second-order valence-electron chi connectivity index (χ2n) is 4.91. The van der Waals surface area contributed by atoms with Gasteiger partial charge in [0.2, 0.25) is 0 Å². The molecule has 3 atom stereocenters. The normalized spacial score (nSPS) is 29.4. The molecule has 1 aliphatic rings. The maximum absolute atomic E-state index is 5.88. The number of hydrogen-bond donors (Lipinski definition) is 2. The molecule has 96 valence electrons. The molecule has 0 bridgehead atoms. The van der Waals surface area contributed by atoms with Crippen molar-refractivity contribution in [3.05, 3.63) is 6.33 Å². The molecule has 1 aliphatic carbocycles. The van der Waals surface area contributed by atoms with Crippen molar-refractivity contribution < 1.29 is 0 Å². The molecule has 0 amide bonds. The summed E-state index contributed by atoms with van der Waals surface area (Å²) in [7, 11) is 0. The zero-order chi connectivity index (χ0) is 12.1. The van der Waals surface area contributed by atoms with Gasteiger partial charge < -0.3 is 5.73 Å². The van der Waals surface area contributed by atoms with E-state index in [1.54, 1.807) is 6.33 Å². The van der Waals surface area contributed by atoms with Crippen molar-refractivity contribution in [1.82, 2.24) is 15.2 Å². The Morgan fingerprint density at radius 3 is 3.06 bits per heavy atom. The molecule has 0 radical (unpaired) electrons. The predicted octanol–water partition coefficient (Wildman–Crippen LogP) is 2.44. The van der Waals surface area contributed by atoms with Crippen molar-refractivity contribution in [3.8, 4) is 0 Å². The van der Waals surface area contributed by atoms with E-state index in [2.05, 4.69) is 22.1 Å². The molecule has 1 heterocycles. The summed E-state index contributed by atoms with van der Waals surface area (Å²) in [6.07, 6.45) is 8.12. The standard InChI is InChI=1S/C12H22N4S/c1-2-3-9-4-5-10(7-13)11(6-9)17-12-14-8-15-16-12/h8-11H,2-7,13H2,1H3,(H,14,15,16). The average Bonchev–Trinajstić information content (AvgIpc) is 2.83. The number of nitrogens with two attached hydrogens (primary N) is 1. The van der Waals surface area contributed by atoms with E-state index in [4.69, 9.17) is 5.73 Å². The van der Waals surface area contributed by atoms with Gasteiger partial charge in [-0.2, -0.15) is 5.10 Å². The van der Waals surface area contributed by atoms with E-state index in [0.717, 1.165) is 17.6 Å². The third-order valence-corrected chi connectivity index (χ3v) is 4.99. The van der Waals surface area contributed by atoms with Gasteiger partial charge in [-0.1, -0.05) is 37.9 Å². The van der Waals surface area contributed by atoms with Crippen molar-refractivity contribution in [2.75, 3.05) is 6.54 Å². The molecule has 1 aromatic heterocycles. The van der Waals surface area contributed by atoms with Crippen molar-refractivity contribution in [1.29, 1.82) is 0 Å². The Morgan fingerprint density at radius 1 is 1.53 bits per heavy atom. The van der Waals surface area contributed by atoms with E-state index in [0.29, 0.717) is 11.2 Å². The molecule has 3 N–H and O–H groups in total. The lowest BCUT2D eigenvalue weighted by Gasteiger charge is -2.34. The summed E-state index contributed by atoms with van der Waals surface area (Å²) >= 11 is 1.82. The average molecular weight is 254 g/mol. The van der Waals surface area contributed by atoms with Crippen LogP contribution < -0.4 is 5.73 Å². The first-order chi connectivity index (χ1) is 8.33. The molecular formula is C12H22N4S. The Kier molecular flexibility index (Phi) is 4.86. The maximum Gasteiger partial charge on any atom is 0.183 e. The van der Waals surface area contributed by atoms with Crippen LogP contribution in [0.2, 0.25) is 0 Å². The summed E-state index contributed by atoms with van der Waals surface area (Å²) in [5.41, 5.74) is 5.88. The van der Waals surface area contributed by atoms with E-state index in [1.807, 2.05) is 11.8 Å². The molecule has 0 aromatic carbocycles. The van der Waals surface area contributed by atoms with E-state index >= 15 is 0 Å². The number of nitrogens with one attached hydrogen (secondary N) is 1. The smallest absolute Gasteiger partial charge is 0.183 e. The number of rotatable bonds is 5. The van der Waals surface area contributed by atoms with Gasteiger partial charge in [0.05, 0.1) is 0 Å². The zero-order valence-corrected chi connectivity index (χ0v) is 11.2. The SMILES string of the molecule is CCCC1CCC(CN)C(Sc2ncn[nH]2)C1. The van der Waals surface area contributed by atoms with Crippen LogP contribution in [0.25, 0.3) is 0 Å². The van der Waals surface area contributed by atoms with Gasteiger partial charge in [0.25, 0.3) is 0 Å². The first-order valence-electron chi connectivity index (χ1n) is 6.55. The second kappa shape index (κ2) is 6.40. The number of thioether (sulfide) groups is 1. The van der Waals surface area contributed by atoms with E-state index in [1.165, 1.54) is 32.1 Å². The fraction of sp³-hybridized carbons (Fsp3) is 0.833. The van der Waals surface area contributed by atoms with Crippen molar-refractivity contribution in [2.24, 2.45) is 17.6 Å². The van der Waals surface area contributed by atoms with Crippen LogP contribution in [0.3, 0.4) is 0 Å². The van der Waals surface area contributed by atoms with Crippen LogP contribution in [0.1, 0.15) is 39.0 Å². The molecule has 5 heteroatoms. The van der Waals surface area contributed by atoms with Crippen molar-refractivity contribution in [2.45, 2.75) is 49.4 Å². The molecule has 0 spiro atoms. The highest BCUT2D eigenvalue weighted by atomic mass is 32.2. The maximum atomic E-state index is 5.88. The Balaban J connectivity index is 1.94. The van der Waals surface area contributed by atoms with Crippen LogP contribution in [-0.2, 0) is 0 Å². The molecule has 4 nitrogen and oxygen atoms in total. The Hall–Kier alpha value is -0.550. The van der Waals surface area contributed by atoms with Crippen molar-refractivity contribution in [3.63, 3.8) is 0 Å². The lowest BCUT2D eigenvalue weighted by Crippen LogP contribution is -2.32. The van der Waals surface area contributed by atoms with Gasteiger partial charge in [-0.05, 0) is 31.2 Å². The Bertz CT molecular complexity index is 314. The quantitative estimate of drug-likeness (QED) is 0.847. The summed E-state index contributed by atoms with van der Waals surface area (Å²) in [6.45, 7) is 3.07. The van der Waals surface area contributed by atoms with Gasteiger partial charge in [-0.3, -0.25) is 5.10 Å². The van der Waals surface area contributed by atoms with Crippen LogP contribution in [0.5, 0.6) is 0 Å². The number of aromatic nitrogens is 3. The predicted molar refractivity (Wildman–Crippen MR) is 70.8 cm³/mol. The molecule has 3 unspecified atom stereocenters. The minimum Gasteiger partial charge on any atom is -0.330 e. The minimum atomic E-state index is 0.609. The van der Waals surface area contributed by atoms with E-state index in [9.17, 15) is 0 Å². The number of H-pyrrole nitrogens is 1. The Morgan fingerprint density at radius 2 is 2.41 bits per heavy atom. The topological polar surface area (TPSA) is 67.6 Å². The largest absolute Gasteiger partial charge is 0.330 e. The second-order valence-corrected chi connectivity index (χ2v) is 6.14. The first kappa shape index (κ1) is 12.9. The van der Waals surface area contributed by atoms with Crippen LogP contribution >= 0.6 is 11.8 Å². The van der Waals surface area contributed by atoms with Gasteiger partial charge in [0.15, 0.2) is 5.16 Å². The number of aromatic amines is 1. The lowest BCUT2D eigenvalue weighted by molar-refractivity contribution is 0.275. The molecule has 2 rings (SSSR count). The number of hydrogen-bond acceptors (Lipinski definition) is 4. The lowest BCUT2D eigenvalue weighted by atomic mass is 9.80. The highest BCUT2D eigenvalue weighted by Gasteiger charge is 2.30. The third-order valence-electron chi connectivity index (χ3n) is 3.69. The molecule has 1 aromatic rings. The summed E-state index contributed by atoms with van der Waals surface area (Å²) < 4.78 is 0.